The van der Waals surface area contributed by atoms with E-state index >= 15 is 0 Å². The fourth-order valence-electron chi connectivity index (χ4n) is 12.7. The molecule has 10 aromatic rings. The van der Waals surface area contributed by atoms with Crippen LogP contribution >= 0.6 is 0 Å². The summed E-state index contributed by atoms with van der Waals surface area (Å²) in [6, 6.07) is 62.8. The molecule has 0 saturated carbocycles. The van der Waals surface area contributed by atoms with Gasteiger partial charge >= 0.3 is 0 Å². The largest absolute Gasteiger partial charge is 0.509 e. The number of hydrogen-bond donors (Lipinski definition) is 0. The van der Waals surface area contributed by atoms with Crippen molar-refractivity contribution in [3.63, 3.8) is 0 Å². The predicted octanol–water partition coefficient (Wildman–Crippen LogP) is 18.2. The van der Waals surface area contributed by atoms with Crippen LogP contribution in [0.1, 0.15) is 123 Å². The molecule has 0 amide bonds. The van der Waals surface area contributed by atoms with Crippen molar-refractivity contribution in [1.82, 2.24) is 4.98 Å². The zero-order chi connectivity index (χ0) is 63.2. The van der Waals surface area contributed by atoms with Crippen molar-refractivity contribution in [2.24, 2.45) is 0 Å². The maximum Gasteiger partial charge on any atom is 0.135 e. The van der Waals surface area contributed by atoms with E-state index in [1.54, 1.807) is 0 Å². The SMILES string of the molecule is [2H]c1c([2H])c([2H])c(-c2cccc(-c3cc(C(C)(C)C)cc(C(C)(C)C)c3)c2N2[CH-]N(c3[c-]c(Oc4[c-]c5c(cc4)[Si]4(c6ccc(C)cc6-c6cc(C)ccc64)c4ccccc4N5c4cc(C(C)(C)C)ccn4)cc(C(C)(C)C)c3)c3ccccc32)c([2H])c1[2H].[Pt]. The topological polar surface area (TPSA) is 31.8 Å². The molecular formula is C78H75N4OPtSi-3. The molecule has 0 atom stereocenters. The second kappa shape index (κ2) is 21.0. The predicted molar refractivity (Wildman–Crippen MR) is 356 cm³/mol. The molecule has 1 spiro atoms. The average molecular weight is 1310 g/mol. The molecule has 0 unspecified atom stereocenters. The molecule has 1 aromatic heterocycles. The molecule has 0 saturated heterocycles. The molecular weight excluding hydrogens is 1230 g/mol. The molecule has 0 N–H and O–H groups in total. The molecule has 85 heavy (non-hydrogen) atoms. The van der Waals surface area contributed by atoms with Crippen LogP contribution in [0.4, 0.5) is 39.9 Å². The van der Waals surface area contributed by atoms with Gasteiger partial charge in [-0.05, 0) is 120 Å². The number of rotatable bonds is 7. The van der Waals surface area contributed by atoms with Crippen molar-refractivity contribution in [2.75, 3.05) is 14.7 Å². The second-order valence-corrected chi connectivity index (χ2v) is 30.9. The molecule has 0 radical (unpaired) electrons. The van der Waals surface area contributed by atoms with Gasteiger partial charge in [0.05, 0.1) is 6.85 Å². The summed E-state index contributed by atoms with van der Waals surface area (Å²) in [6.07, 6.45) is 1.93. The molecule has 0 bridgehead atoms. The summed E-state index contributed by atoms with van der Waals surface area (Å²) in [7, 11) is -3.03. The first kappa shape index (κ1) is 51.6. The van der Waals surface area contributed by atoms with Gasteiger partial charge in [0, 0.05) is 72.6 Å². The van der Waals surface area contributed by atoms with E-state index in [4.69, 9.17) is 13.8 Å². The summed E-state index contributed by atoms with van der Waals surface area (Å²) in [6.45, 7) is 33.1. The van der Waals surface area contributed by atoms with Crippen LogP contribution in [0.2, 0.25) is 0 Å². The van der Waals surface area contributed by atoms with Crippen molar-refractivity contribution < 1.29 is 32.7 Å². The van der Waals surface area contributed by atoms with Gasteiger partial charge in [-0.15, -0.1) is 53.4 Å². The zero-order valence-electron chi connectivity index (χ0n) is 56.2. The Morgan fingerprint density at radius 1 is 0.471 bits per heavy atom. The standard InChI is InChI=1S/C78H75N4OSi.Pt/c1-50-31-34-69-63(39-50)64-40-51(2)32-35-70(64)84(69)71-30-21-20-29-67(71)82(73-46-54(37-38-79-73)75(3,4)5)68-48-59(33-36-72(68)84)83-60-45-57(78(12,13)14)44-58(47-60)80-49-81(66-28-19-18-27-65(66)80)74-61(52-23-16-15-17-24-52)25-22-26-62(74)53-41-55(76(6,7)8)43-56(42-53)77(9,10)11;/h15-46,49H,1-14H3;/q-3;/i15D,16D,17D,23D,24D;. The third-order valence-corrected chi connectivity index (χ3v) is 22.1. The molecule has 3 aliphatic heterocycles. The number of pyridine rings is 1. The van der Waals surface area contributed by atoms with Crippen LogP contribution in [0.3, 0.4) is 0 Å². The van der Waals surface area contributed by atoms with Crippen molar-refractivity contribution in [3.8, 4) is 44.9 Å². The molecule has 3 aliphatic rings. The zero-order valence-corrected chi connectivity index (χ0v) is 54.5. The number of anilines is 7. The van der Waals surface area contributed by atoms with Gasteiger partial charge in [-0.3, -0.25) is 0 Å². The number of para-hydroxylation sites is 4. The van der Waals surface area contributed by atoms with E-state index < -0.39 is 26.2 Å². The van der Waals surface area contributed by atoms with Crippen molar-refractivity contribution in [3.05, 3.63) is 246 Å². The molecule has 0 aliphatic carbocycles. The summed E-state index contributed by atoms with van der Waals surface area (Å²) in [5.41, 5.74) is 16.1. The van der Waals surface area contributed by atoms with Crippen LogP contribution in [-0.4, -0.2) is 13.1 Å². The Balaban J connectivity index is 0.00000785. The maximum absolute atomic E-state index is 9.41. The monoisotopic (exact) mass is 1310 g/mol. The normalized spacial score (nSPS) is 14.9. The minimum absolute atomic E-state index is 0. The third kappa shape index (κ3) is 9.97. The maximum atomic E-state index is 9.41. The van der Waals surface area contributed by atoms with Gasteiger partial charge in [0.15, 0.2) is 0 Å². The molecule has 7 heteroatoms. The fraction of sp³-hybridized carbons (Fsp3) is 0.231. The number of aromatic nitrogens is 1. The molecule has 9 aromatic carbocycles. The Kier molecular flexibility index (Phi) is 12.8. The van der Waals surface area contributed by atoms with Crippen LogP contribution in [-0.2, 0) is 42.7 Å². The second-order valence-electron chi connectivity index (χ2n) is 27.3. The van der Waals surface area contributed by atoms with E-state index in [2.05, 4.69) is 257 Å². The number of nitrogens with zero attached hydrogens (tertiary/aromatic N) is 4. The molecule has 430 valence electrons. The minimum Gasteiger partial charge on any atom is -0.509 e. The van der Waals surface area contributed by atoms with Crippen LogP contribution in [0.25, 0.3) is 33.4 Å². The van der Waals surface area contributed by atoms with Gasteiger partial charge in [-0.25, -0.2) is 4.98 Å². The number of benzene rings is 9. The number of fused-ring (bicyclic) bond motifs is 10. The van der Waals surface area contributed by atoms with Crippen LogP contribution in [0.15, 0.2) is 194 Å². The Morgan fingerprint density at radius 3 is 1.64 bits per heavy atom. The van der Waals surface area contributed by atoms with E-state index in [0.717, 1.165) is 62.1 Å². The number of aryl methyl sites for hydroxylation is 2. The third-order valence-electron chi connectivity index (χ3n) is 17.2. The van der Waals surface area contributed by atoms with Crippen molar-refractivity contribution in [2.45, 2.75) is 119 Å². The molecule has 0 fully saturated rings. The van der Waals surface area contributed by atoms with E-state index in [9.17, 15) is 2.74 Å². The van der Waals surface area contributed by atoms with Crippen LogP contribution < -0.4 is 40.2 Å². The van der Waals surface area contributed by atoms with Crippen molar-refractivity contribution in [1.29, 1.82) is 0 Å². The Hall–Kier alpha value is -7.76. The fourth-order valence-corrected chi connectivity index (χ4v) is 18.1. The van der Waals surface area contributed by atoms with E-state index in [1.165, 1.54) is 48.6 Å². The Labute approximate surface area is 527 Å². The molecule has 5 nitrogen and oxygen atoms in total. The minimum atomic E-state index is -3.03. The molecule has 4 heterocycles. The first-order valence-electron chi connectivity index (χ1n) is 31.8. The Morgan fingerprint density at radius 2 is 1.02 bits per heavy atom. The van der Waals surface area contributed by atoms with Crippen LogP contribution in [0, 0.1) is 32.6 Å². The van der Waals surface area contributed by atoms with Gasteiger partial charge in [-0.1, -0.05) is 233 Å². The van der Waals surface area contributed by atoms with Crippen LogP contribution in [0.5, 0.6) is 11.5 Å². The van der Waals surface area contributed by atoms with Gasteiger partial charge in [0.1, 0.15) is 13.9 Å². The van der Waals surface area contributed by atoms with E-state index in [-0.39, 0.29) is 60.4 Å². The van der Waals surface area contributed by atoms with E-state index in [1.807, 2.05) is 37.1 Å². The summed E-state index contributed by atoms with van der Waals surface area (Å²) in [4.78, 5) is 11.7. The first-order valence-corrected chi connectivity index (χ1v) is 31.3. The van der Waals surface area contributed by atoms with Gasteiger partial charge in [0.25, 0.3) is 0 Å². The first-order chi connectivity index (χ1) is 42.0. The van der Waals surface area contributed by atoms with Gasteiger partial charge < -0.3 is 19.4 Å². The summed E-state index contributed by atoms with van der Waals surface area (Å²) >= 11 is 0. The smallest absolute Gasteiger partial charge is 0.135 e. The summed E-state index contributed by atoms with van der Waals surface area (Å²) in [5.74, 6) is 1.84. The van der Waals surface area contributed by atoms with Crippen molar-refractivity contribution >= 4 is 68.8 Å². The Bertz CT molecular complexity index is 4460. The summed E-state index contributed by atoms with van der Waals surface area (Å²) in [5, 5.41) is 5.23. The van der Waals surface area contributed by atoms with E-state index in [0.29, 0.717) is 22.7 Å². The summed E-state index contributed by atoms with van der Waals surface area (Å²) < 4.78 is 52.5. The number of ether oxygens (including phenoxy) is 1. The average Bonchev–Trinajstić information content (AvgIpc) is 1.43. The van der Waals surface area contributed by atoms with Gasteiger partial charge in [0.2, 0.25) is 0 Å². The quantitative estimate of drug-likeness (QED) is 0.117. The number of hydrogen-bond acceptors (Lipinski definition) is 5. The van der Waals surface area contributed by atoms with Gasteiger partial charge in [-0.2, -0.15) is 6.07 Å². The molecule has 13 rings (SSSR count).